The molecule has 4 nitrogen and oxygen atoms in total. The van der Waals surface area contributed by atoms with Crippen LogP contribution < -0.4 is 4.90 Å². The maximum Gasteiger partial charge on any atom is 0.416 e. The van der Waals surface area contributed by atoms with Crippen LogP contribution in [0.15, 0.2) is 42.5 Å². The van der Waals surface area contributed by atoms with E-state index in [-0.39, 0.29) is 18.0 Å². The van der Waals surface area contributed by atoms with Crippen LogP contribution in [0.5, 0.6) is 0 Å². The predicted octanol–water partition coefficient (Wildman–Crippen LogP) is 5.64. The molecule has 3 rings (SSSR count). The van der Waals surface area contributed by atoms with Gasteiger partial charge in [-0.15, -0.1) is 12.4 Å². The number of hydrogen-bond donors (Lipinski definition) is 0. The van der Waals surface area contributed by atoms with Crippen LogP contribution in [0.3, 0.4) is 0 Å². The quantitative estimate of drug-likeness (QED) is 0.480. The molecule has 0 aliphatic rings. The molecule has 1 aromatic heterocycles. The average molecular weight is 458 g/mol. The lowest BCUT2D eigenvalue weighted by molar-refractivity contribution is -0.137. The van der Waals surface area contributed by atoms with E-state index in [0.29, 0.717) is 18.1 Å². The fourth-order valence-corrected chi connectivity index (χ4v) is 4.07. The van der Waals surface area contributed by atoms with Crippen molar-refractivity contribution >= 4 is 45.0 Å². The van der Waals surface area contributed by atoms with Crippen molar-refractivity contribution in [3.05, 3.63) is 59.2 Å². The van der Waals surface area contributed by atoms with E-state index in [1.165, 1.54) is 28.4 Å². The Hall–Kier alpha value is -2.16. The number of amides is 1. The molecule has 0 aliphatic heterocycles. The van der Waals surface area contributed by atoms with Crippen LogP contribution in [0.4, 0.5) is 18.3 Å². The summed E-state index contributed by atoms with van der Waals surface area (Å²) in [6, 6.07) is 10.3. The molecule has 2 aromatic carbocycles. The summed E-state index contributed by atoms with van der Waals surface area (Å²) in [7, 11) is 3.86. The van der Waals surface area contributed by atoms with Gasteiger partial charge in [0.05, 0.1) is 15.8 Å². The molecule has 30 heavy (non-hydrogen) atoms. The van der Waals surface area contributed by atoms with Crippen molar-refractivity contribution in [1.29, 1.82) is 0 Å². The minimum Gasteiger partial charge on any atom is -0.309 e. The first-order chi connectivity index (χ1) is 13.7. The Balaban J connectivity index is 0.00000320. The molecule has 0 unspecified atom stereocenters. The van der Waals surface area contributed by atoms with Crippen molar-refractivity contribution in [2.45, 2.75) is 19.5 Å². The summed E-state index contributed by atoms with van der Waals surface area (Å²) in [5, 5.41) is 0.496. The van der Waals surface area contributed by atoms with Gasteiger partial charge in [-0.3, -0.25) is 9.69 Å². The van der Waals surface area contributed by atoms with E-state index in [4.69, 9.17) is 0 Å². The number of nitrogens with zero attached hydrogens (tertiary/aromatic N) is 3. The zero-order valence-electron chi connectivity index (χ0n) is 16.9. The Morgan fingerprint density at radius 3 is 2.43 bits per heavy atom. The first-order valence-electron chi connectivity index (χ1n) is 9.17. The molecular formula is C21H23ClF3N3OS. The number of rotatable bonds is 6. The highest BCUT2D eigenvalue weighted by Gasteiger charge is 2.31. The molecule has 0 aliphatic carbocycles. The summed E-state index contributed by atoms with van der Waals surface area (Å²) in [5.74, 6) is -0.480. The maximum absolute atomic E-state index is 13.2. The van der Waals surface area contributed by atoms with E-state index >= 15 is 0 Å². The molecule has 1 heterocycles. The number of halogens is 4. The van der Waals surface area contributed by atoms with Crippen LogP contribution in [0, 0.1) is 6.92 Å². The lowest BCUT2D eigenvalue weighted by Crippen LogP contribution is -2.33. The highest BCUT2D eigenvalue weighted by Crippen LogP contribution is 2.33. The summed E-state index contributed by atoms with van der Waals surface area (Å²) in [4.78, 5) is 21.3. The van der Waals surface area contributed by atoms with Crippen molar-refractivity contribution in [3.8, 4) is 0 Å². The zero-order valence-corrected chi connectivity index (χ0v) is 18.5. The fraction of sp³-hybridized carbons (Fsp3) is 0.333. The van der Waals surface area contributed by atoms with Crippen molar-refractivity contribution in [1.82, 2.24) is 9.88 Å². The van der Waals surface area contributed by atoms with E-state index < -0.39 is 17.6 Å². The number of hydrogen-bond acceptors (Lipinski definition) is 4. The van der Waals surface area contributed by atoms with Gasteiger partial charge in [0, 0.05) is 12.1 Å². The Morgan fingerprint density at radius 2 is 1.80 bits per heavy atom. The van der Waals surface area contributed by atoms with Gasteiger partial charge in [0.1, 0.15) is 0 Å². The van der Waals surface area contributed by atoms with Crippen LogP contribution in [0.1, 0.15) is 27.9 Å². The molecule has 0 saturated heterocycles. The summed E-state index contributed by atoms with van der Waals surface area (Å²) in [5.41, 5.74) is 0.962. The summed E-state index contributed by atoms with van der Waals surface area (Å²) in [6.07, 6.45) is -3.83. The topological polar surface area (TPSA) is 36.4 Å². The van der Waals surface area contributed by atoms with Gasteiger partial charge in [0.15, 0.2) is 5.13 Å². The van der Waals surface area contributed by atoms with E-state index in [1.54, 1.807) is 0 Å². The van der Waals surface area contributed by atoms with Gasteiger partial charge < -0.3 is 4.90 Å². The third kappa shape index (κ3) is 5.50. The normalized spacial score (nSPS) is 11.6. The first kappa shape index (κ1) is 24.1. The van der Waals surface area contributed by atoms with Crippen molar-refractivity contribution in [2.24, 2.45) is 0 Å². The number of anilines is 1. The van der Waals surface area contributed by atoms with E-state index in [0.717, 1.165) is 34.5 Å². The number of benzene rings is 2. The monoisotopic (exact) mass is 457 g/mol. The highest BCUT2D eigenvalue weighted by atomic mass is 35.5. The van der Waals surface area contributed by atoms with E-state index in [2.05, 4.69) is 4.98 Å². The molecule has 0 fully saturated rings. The molecule has 0 saturated carbocycles. The molecular weight excluding hydrogens is 435 g/mol. The second-order valence-corrected chi connectivity index (χ2v) is 8.12. The van der Waals surface area contributed by atoms with Gasteiger partial charge in [-0.05, 0) is 63.8 Å². The third-order valence-corrected chi connectivity index (χ3v) is 5.55. The van der Waals surface area contributed by atoms with Crippen LogP contribution in [-0.2, 0) is 6.18 Å². The number of carbonyl (C=O) groups is 1. The molecule has 0 spiro atoms. The average Bonchev–Trinajstić information content (AvgIpc) is 3.09. The van der Waals surface area contributed by atoms with Crippen LogP contribution >= 0.6 is 23.7 Å². The second kappa shape index (κ2) is 9.76. The third-order valence-electron chi connectivity index (χ3n) is 4.51. The van der Waals surface area contributed by atoms with Gasteiger partial charge in [-0.2, -0.15) is 13.2 Å². The predicted molar refractivity (Wildman–Crippen MR) is 118 cm³/mol. The molecule has 162 valence electrons. The summed E-state index contributed by atoms with van der Waals surface area (Å²) < 4.78 is 40.2. The van der Waals surface area contributed by atoms with Gasteiger partial charge in [0.2, 0.25) is 0 Å². The summed E-state index contributed by atoms with van der Waals surface area (Å²) in [6.45, 7) is 3.05. The van der Waals surface area contributed by atoms with Crippen LogP contribution in [-0.4, -0.2) is 43.0 Å². The Labute approximate surface area is 183 Å². The molecule has 1 amide bonds. The molecule has 0 N–H and O–H groups in total. The van der Waals surface area contributed by atoms with Gasteiger partial charge >= 0.3 is 6.18 Å². The van der Waals surface area contributed by atoms with Crippen molar-refractivity contribution in [2.75, 3.05) is 32.1 Å². The minimum atomic E-state index is -4.50. The number of fused-ring (bicyclic) bond motifs is 1. The number of para-hydroxylation sites is 1. The van der Waals surface area contributed by atoms with Crippen molar-refractivity contribution in [3.63, 3.8) is 0 Å². The molecule has 0 bridgehead atoms. The molecule has 3 aromatic rings. The summed E-state index contributed by atoms with van der Waals surface area (Å²) >= 11 is 1.37. The first-order valence-corrected chi connectivity index (χ1v) is 9.98. The Kier molecular flexibility index (Phi) is 7.85. The number of aryl methyl sites for hydroxylation is 1. The lowest BCUT2D eigenvalue weighted by Gasteiger charge is -2.21. The maximum atomic E-state index is 13.2. The second-order valence-electron chi connectivity index (χ2n) is 7.11. The molecule has 9 heteroatoms. The number of aromatic nitrogens is 1. The lowest BCUT2D eigenvalue weighted by atomic mass is 10.1. The van der Waals surface area contributed by atoms with Gasteiger partial charge in [0.25, 0.3) is 5.91 Å². The smallest absolute Gasteiger partial charge is 0.309 e. The molecule has 0 radical (unpaired) electrons. The van der Waals surface area contributed by atoms with Crippen LogP contribution in [0.25, 0.3) is 10.2 Å². The zero-order chi connectivity index (χ0) is 21.2. The Bertz CT molecular complexity index is 1020. The van der Waals surface area contributed by atoms with Gasteiger partial charge in [-0.25, -0.2) is 4.98 Å². The van der Waals surface area contributed by atoms with E-state index in [9.17, 15) is 18.0 Å². The van der Waals surface area contributed by atoms with Gasteiger partial charge in [-0.1, -0.05) is 29.5 Å². The minimum absolute atomic E-state index is 0. The number of alkyl halides is 3. The highest BCUT2D eigenvalue weighted by molar-refractivity contribution is 7.22. The molecule has 0 atom stereocenters. The van der Waals surface area contributed by atoms with E-state index in [1.807, 2.05) is 44.1 Å². The number of thiazole rings is 1. The number of carbonyl (C=O) groups excluding carboxylic acids is 1. The van der Waals surface area contributed by atoms with Crippen molar-refractivity contribution < 1.29 is 18.0 Å². The largest absolute Gasteiger partial charge is 0.416 e. The standard InChI is InChI=1S/C21H22F3N3OS.ClH/c1-14-7-4-10-17-18(14)25-20(29-17)27(12-6-11-26(2)3)19(28)15-8-5-9-16(13-15)21(22,23)24;/h4-5,7-10,13H,6,11-12H2,1-3H3;1H. The fourth-order valence-electron chi connectivity index (χ4n) is 3.00. The Morgan fingerprint density at radius 1 is 1.10 bits per heavy atom. The van der Waals surface area contributed by atoms with Crippen LogP contribution in [0.2, 0.25) is 0 Å². The SMILES string of the molecule is Cc1cccc2sc(N(CCCN(C)C)C(=O)c3cccc(C(F)(F)F)c3)nc12.Cl.